The van der Waals surface area contributed by atoms with Crippen molar-refractivity contribution in [2.75, 3.05) is 0 Å². The monoisotopic (exact) mass is 274 g/mol. The second-order valence-corrected chi connectivity index (χ2v) is 6.15. The molecule has 0 aromatic carbocycles. The van der Waals surface area contributed by atoms with E-state index in [4.69, 9.17) is 0 Å². The molecule has 19 heavy (non-hydrogen) atoms. The molecular weight excluding hydrogens is 260 g/mol. The molecule has 3 aromatic heterocycles. The highest BCUT2D eigenvalue weighted by Crippen LogP contribution is 2.39. The van der Waals surface area contributed by atoms with Gasteiger partial charge in [-0.3, -0.25) is 4.68 Å². The predicted molar refractivity (Wildman–Crippen MR) is 71.4 cm³/mol. The van der Waals surface area contributed by atoms with Crippen molar-refractivity contribution in [3.63, 3.8) is 0 Å². The van der Waals surface area contributed by atoms with Crippen molar-refractivity contribution in [2.24, 2.45) is 0 Å². The minimum atomic E-state index is 0.568. The lowest BCUT2D eigenvalue weighted by Crippen LogP contribution is -2.04. The van der Waals surface area contributed by atoms with E-state index in [1.165, 1.54) is 12.8 Å². The second-order valence-electron chi connectivity index (χ2n) is 5.11. The van der Waals surface area contributed by atoms with Crippen molar-refractivity contribution in [3.8, 4) is 0 Å². The number of nitrogens with zero attached hydrogens (tertiary/aromatic N) is 6. The van der Waals surface area contributed by atoms with Crippen LogP contribution < -0.4 is 0 Å². The molecule has 1 saturated carbocycles. The molecule has 0 amide bonds. The van der Waals surface area contributed by atoms with Gasteiger partial charge in [-0.05, 0) is 32.8 Å². The molecule has 0 saturated heterocycles. The first-order valence-electron chi connectivity index (χ1n) is 6.43. The van der Waals surface area contributed by atoms with Crippen molar-refractivity contribution in [1.82, 2.24) is 29.6 Å². The number of hydrogen-bond acceptors (Lipinski definition) is 5. The van der Waals surface area contributed by atoms with Crippen LogP contribution in [0.4, 0.5) is 0 Å². The van der Waals surface area contributed by atoms with Crippen LogP contribution in [0.1, 0.15) is 41.0 Å². The molecule has 0 bridgehead atoms. The van der Waals surface area contributed by atoms with Gasteiger partial charge in [0.05, 0.1) is 12.2 Å². The average molecular weight is 274 g/mol. The van der Waals surface area contributed by atoms with Gasteiger partial charge in [0.1, 0.15) is 5.01 Å². The van der Waals surface area contributed by atoms with Crippen LogP contribution in [0.15, 0.2) is 6.07 Å². The summed E-state index contributed by atoms with van der Waals surface area (Å²) < 4.78 is 3.89. The SMILES string of the molecule is Cc1cc(C)n(Cc2nn3c(C4CC4)nnc3s2)n1. The van der Waals surface area contributed by atoms with Crippen LogP contribution in [0.25, 0.3) is 4.96 Å². The molecule has 1 aliphatic carbocycles. The molecule has 0 aliphatic heterocycles. The van der Waals surface area contributed by atoms with E-state index in [1.54, 1.807) is 11.3 Å². The molecular formula is C12H14N6S. The summed E-state index contributed by atoms with van der Waals surface area (Å²) in [5.41, 5.74) is 2.20. The minimum Gasteiger partial charge on any atom is -0.263 e. The Morgan fingerprint density at radius 1 is 1.26 bits per heavy atom. The molecule has 0 atom stereocenters. The molecule has 3 heterocycles. The lowest BCUT2D eigenvalue weighted by molar-refractivity contribution is 0.644. The maximum Gasteiger partial charge on any atom is 0.234 e. The number of fused-ring (bicyclic) bond motifs is 1. The molecule has 1 aliphatic rings. The van der Waals surface area contributed by atoms with Gasteiger partial charge in [0.25, 0.3) is 0 Å². The quantitative estimate of drug-likeness (QED) is 0.732. The molecule has 4 rings (SSSR count). The Labute approximate surface area is 114 Å². The Morgan fingerprint density at radius 3 is 2.79 bits per heavy atom. The molecule has 1 fully saturated rings. The maximum absolute atomic E-state index is 4.63. The number of rotatable bonds is 3. The summed E-state index contributed by atoms with van der Waals surface area (Å²) in [7, 11) is 0. The van der Waals surface area contributed by atoms with Crippen LogP contribution in [0.3, 0.4) is 0 Å². The third-order valence-electron chi connectivity index (χ3n) is 3.39. The summed E-state index contributed by atoms with van der Waals surface area (Å²) >= 11 is 1.59. The Bertz CT molecular complexity index is 748. The zero-order chi connectivity index (χ0) is 13.0. The van der Waals surface area contributed by atoms with Gasteiger partial charge in [0.15, 0.2) is 5.82 Å². The lowest BCUT2D eigenvalue weighted by Gasteiger charge is -1.99. The summed E-state index contributed by atoms with van der Waals surface area (Å²) in [6.07, 6.45) is 2.43. The van der Waals surface area contributed by atoms with E-state index >= 15 is 0 Å². The third kappa shape index (κ3) is 1.85. The molecule has 0 spiro atoms. The van der Waals surface area contributed by atoms with Crippen LogP contribution in [-0.4, -0.2) is 29.6 Å². The molecule has 0 radical (unpaired) electrons. The normalized spacial score (nSPS) is 15.5. The van der Waals surface area contributed by atoms with Gasteiger partial charge in [0.2, 0.25) is 4.96 Å². The summed E-state index contributed by atoms with van der Waals surface area (Å²) in [6.45, 7) is 4.78. The smallest absolute Gasteiger partial charge is 0.234 e. The number of hydrogen-bond donors (Lipinski definition) is 0. The van der Waals surface area contributed by atoms with Gasteiger partial charge in [-0.2, -0.15) is 14.7 Å². The van der Waals surface area contributed by atoms with Crippen LogP contribution in [0.2, 0.25) is 0 Å². The van der Waals surface area contributed by atoms with E-state index in [9.17, 15) is 0 Å². The second kappa shape index (κ2) is 3.86. The zero-order valence-electron chi connectivity index (χ0n) is 10.9. The summed E-state index contributed by atoms with van der Waals surface area (Å²) in [6, 6.07) is 2.08. The summed E-state index contributed by atoms with van der Waals surface area (Å²) in [5, 5.41) is 18.6. The van der Waals surface area contributed by atoms with Crippen molar-refractivity contribution in [2.45, 2.75) is 39.2 Å². The largest absolute Gasteiger partial charge is 0.263 e. The third-order valence-corrected chi connectivity index (χ3v) is 4.27. The molecule has 6 nitrogen and oxygen atoms in total. The fourth-order valence-corrected chi connectivity index (χ4v) is 3.12. The highest BCUT2D eigenvalue weighted by Gasteiger charge is 2.30. The van der Waals surface area contributed by atoms with Crippen molar-refractivity contribution in [1.29, 1.82) is 0 Å². The Kier molecular flexibility index (Phi) is 2.26. The molecule has 98 valence electrons. The van der Waals surface area contributed by atoms with Crippen LogP contribution in [0.5, 0.6) is 0 Å². The van der Waals surface area contributed by atoms with E-state index in [1.807, 2.05) is 16.1 Å². The van der Waals surface area contributed by atoms with E-state index < -0.39 is 0 Å². The molecule has 0 unspecified atom stereocenters. The van der Waals surface area contributed by atoms with E-state index in [0.717, 1.165) is 27.2 Å². The van der Waals surface area contributed by atoms with Crippen molar-refractivity contribution in [3.05, 3.63) is 28.3 Å². The van der Waals surface area contributed by atoms with Crippen molar-refractivity contribution < 1.29 is 0 Å². The number of aromatic nitrogens is 6. The minimum absolute atomic E-state index is 0.568. The van der Waals surface area contributed by atoms with Crippen LogP contribution >= 0.6 is 11.3 Å². The highest BCUT2D eigenvalue weighted by atomic mass is 32.1. The predicted octanol–water partition coefficient (Wildman–Crippen LogP) is 1.92. The lowest BCUT2D eigenvalue weighted by atomic mass is 10.4. The van der Waals surface area contributed by atoms with Crippen molar-refractivity contribution >= 4 is 16.3 Å². The average Bonchev–Trinajstić information content (AvgIpc) is 2.88. The Balaban J connectivity index is 1.69. The van der Waals surface area contributed by atoms with Gasteiger partial charge >= 0.3 is 0 Å². The van der Waals surface area contributed by atoms with E-state index in [-0.39, 0.29) is 0 Å². The van der Waals surface area contributed by atoms with Crippen LogP contribution in [-0.2, 0) is 6.54 Å². The van der Waals surface area contributed by atoms with Crippen LogP contribution in [0, 0.1) is 13.8 Å². The maximum atomic E-state index is 4.63. The Hall–Kier alpha value is -1.76. The zero-order valence-corrected chi connectivity index (χ0v) is 11.7. The first kappa shape index (κ1) is 11.1. The van der Waals surface area contributed by atoms with Gasteiger partial charge in [-0.15, -0.1) is 10.2 Å². The first-order valence-corrected chi connectivity index (χ1v) is 7.24. The van der Waals surface area contributed by atoms with E-state index in [0.29, 0.717) is 12.5 Å². The van der Waals surface area contributed by atoms with Gasteiger partial charge in [-0.25, -0.2) is 0 Å². The number of aryl methyl sites for hydroxylation is 2. The first-order chi connectivity index (χ1) is 9.20. The highest BCUT2D eigenvalue weighted by molar-refractivity contribution is 7.16. The topological polar surface area (TPSA) is 60.9 Å². The Morgan fingerprint density at radius 2 is 2.11 bits per heavy atom. The molecule has 0 N–H and O–H groups in total. The standard InChI is InChI=1S/C12H14N6S/c1-7-5-8(2)17(15-7)6-10-16-18-11(9-3-4-9)13-14-12(18)19-10/h5,9H,3-4,6H2,1-2H3. The molecule has 7 heteroatoms. The fraction of sp³-hybridized carbons (Fsp3) is 0.500. The molecule has 3 aromatic rings. The van der Waals surface area contributed by atoms with Gasteiger partial charge in [-0.1, -0.05) is 11.3 Å². The van der Waals surface area contributed by atoms with Gasteiger partial charge < -0.3 is 0 Å². The van der Waals surface area contributed by atoms with E-state index in [2.05, 4.69) is 33.4 Å². The summed E-state index contributed by atoms with van der Waals surface area (Å²) in [4.78, 5) is 0.887. The fourth-order valence-electron chi connectivity index (χ4n) is 2.29. The summed E-state index contributed by atoms with van der Waals surface area (Å²) in [5.74, 6) is 1.59. The van der Waals surface area contributed by atoms with Gasteiger partial charge in [0, 0.05) is 11.6 Å².